The fourth-order valence-corrected chi connectivity index (χ4v) is 1.74. The largest absolute Gasteiger partial charge is 0.492 e. The maximum atomic E-state index is 5.91. The lowest BCUT2D eigenvalue weighted by molar-refractivity contribution is 0.340. The van der Waals surface area contributed by atoms with Crippen molar-refractivity contribution in [1.29, 1.82) is 0 Å². The summed E-state index contributed by atoms with van der Waals surface area (Å²) in [4.78, 5) is 0. The molecule has 1 aromatic rings. The highest BCUT2D eigenvalue weighted by Gasteiger charge is 2.06. The number of halogens is 3. The summed E-state index contributed by atoms with van der Waals surface area (Å²) in [7, 11) is 0. The molecule has 0 aliphatic rings. The first-order chi connectivity index (χ1) is 5.65. The first-order valence-electron chi connectivity index (χ1n) is 3.42. The van der Waals surface area contributed by atoms with E-state index in [2.05, 4.69) is 15.9 Å². The second-order valence-corrected chi connectivity index (χ2v) is 3.80. The van der Waals surface area contributed by atoms with Crippen LogP contribution in [0.25, 0.3) is 0 Å². The summed E-state index contributed by atoms with van der Waals surface area (Å²) in [5.41, 5.74) is 0. The summed E-state index contributed by atoms with van der Waals surface area (Å²) in [5.74, 6) is 0.610. The van der Waals surface area contributed by atoms with Crippen molar-refractivity contribution in [3.8, 4) is 5.75 Å². The topological polar surface area (TPSA) is 9.23 Å². The second-order valence-electron chi connectivity index (χ2n) is 2.13. The maximum Gasteiger partial charge on any atom is 0.140 e. The molecule has 0 spiro atoms. The van der Waals surface area contributed by atoms with E-state index < -0.39 is 0 Å². The van der Waals surface area contributed by atoms with Crippen LogP contribution in [-0.4, -0.2) is 6.61 Å². The zero-order valence-corrected chi connectivity index (χ0v) is 9.50. The molecule has 0 aliphatic heterocycles. The van der Waals surface area contributed by atoms with Crippen LogP contribution in [0.4, 0.5) is 0 Å². The molecule has 0 radical (unpaired) electrons. The third-order valence-electron chi connectivity index (χ3n) is 1.26. The van der Waals surface area contributed by atoms with Gasteiger partial charge in [-0.3, -0.25) is 0 Å². The van der Waals surface area contributed by atoms with Crippen LogP contribution < -0.4 is 4.74 Å². The summed E-state index contributed by atoms with van der Waals surface area (Å²) in [6.07, 6.45) is 0. The van der Waals surface area contributed by atoms with Crippen LogP contribution in [0, 0.1) is 0 Å². The summed E-state index contributed by atoms with van der Waals surface area (Å²) in [6.45, 7) is 2.47. The van der Waals surface area contributed by atoms with Crippen molar-refractivity contribution in [2.45, 2.75) is 6.92 Å². The Morgan fingerprint density at radius 1 is 1.42 bits per heavy atom. The smallest absolute Gasteiger partial charge is 0.140 e. The van der Waals surface area contributed by atoms with Gasteiger partial charge in [0, 0.05) is 15.6 Å². The third-order valence-corrected chi connectivity index (χ3v) is 2.72. The van der Waals surface area contributed by atoms with Gasteiger partial charge in [-0.15, -0.1) is 0 Å². The quantitative estimate of drug-likeness (QED) is 0.733. The Bertz CT molecular complexity index is 289. The van der Waals surface area contributed by atoms with E-state index in [0.29, 0.717) is 22.4 Å². The van der Waals surface area contributed by atoms with Crippen LogP contribution in [0.1, 0.15) is 6.92 Å². The Balaban J connectivity index is 3.09. The number of hydrogen-bond acceptors (Lipinski definition) is 1. The summed E-state index contributed by atoms with van der Waals surface area (Å²) < 4.78 is 6.00. The Hall–Kier alpha value is 0.0800. The van der Waals surface area contributed by atoms with Crippen molar-refractivity contribution in [2.75, 3.05) is 6.61 Å². The van der Waals surface area contributed by atoms with Crippen molar-refractivity contribution >= 4 is 39.1 Å². The van der Waals surface area contributed by atoms with Crippen LogP contribution in [0.5, 0.6) is 5.75 Å². The van der Waals surface area contributed by atoms with Crippen molar-refractivity contribution in [1.82, 2.24) is 0 Å². The van der Waals surface area contributed by atoms with Gasteiger partial charge in [0.2, 0.25) is 0 Å². The molecule has 66 valence electrons. The van der Waals surface area contributed by atoms with Crippen LogP contribution in [0.3, 0.4) is 0 Å². The molecule has 1 aromatic carbocycles. The predicted molar refractivity (Wildman–Crippen MR) is 55.3 cm³/mol. The van der Waals surface area contributed by atoms with E-state index in [9.17, 15) is 0 Å². The standard InChI is InChI=1S/C8H7BrCl2O/c1-2-12-7-4-5(10)3-6(9)8(7)11/h3-4H,2H2,1H3. The van der Waals surface area contributed by atoms with Gasteiger partial charge in [0.15, 0.2) is 0 Å². The first-order valence-corrected chi connectivity index (χ1v) is 4.97. The van der Waals surface area contributed by atoms with E-state index in [4.69, 9.17) is 27.9 Å². The third kappa shape index (κ3) is 2.28. The fraction of sp³-hybridized carbons (Fsp3) is 0.250. The van der Waals surface area contributed by atoms with Gasteiger partial charge in [-0.05, 0) is 28.9 Å². The molecule has 12 heavy (non-hydrogen) atoms. The van der Waals surface area contributed by atoms with E-state index in [-0.39, 0.29) is 0 Å². The van der Waals surface area contributed by atoms with E-state index in [1.165, 1.54) is 0 Å². The number of hydrogen-bond donors (Lipinski definition) is 0. The molecule has 0 amide bonds. The molecule has 0 bridgehead atoms. The fourth-order valence-electron chi connectivity index (χ4n) is 0.793. The molecular formula is C8H7BrCl2O. The molecule has 0 heterocycles. The lowest BCUT2D eigenvalue weighted by atomic mass is 10.3. The van der Waals surface area contributed by atoms with Crippen LogP contribution in [0.2, 0.25) is 10.0 Å². The molecule has 0 saturated carbocycles. The Kier molecular flexibility index (Phi) is 3.69. The van der Waals surface area contributed by atoms with Gasteiger partial charge >= 0.3 is 0 Å². The Morgan fingerprint density at radius 3 is 2.67 bits per heavy atom. The number of ether oxygens (including phenoxy) is 1. The summed E-state index contributed by atoms with van der Waals surface area (Å²) in [5, 5.41) is 1.16. The van der Waals surface area contributed by atoms with Gasteiger partial charge < -0.3 is 4.74 Å². The zero-order valence-electron chi connectivity index (χ0n) is 6.40. The average Bonchev–Trinajstić information content (AvgIpc) is 2.00. The van der Waals surface area contributed by atoms with Crippen LogP contribution in [-0.2, 0) is 0 Å². The van der Waals surface area contributed by atoms with E-state index >= 15 is 0 Å². The van der Waals surface area contributed by atoms with Gasteiger partial charge in [-0.25, -0.2) is 0 Å². The molecule has 0 saturated heterocycles. The predicted octanol–water partition coefficient (Wildman–Crippen LogP) is 4.15. The monoisotopic (exact) mass is 268 g/mol. The molecule has 1 nitrogen and oxygen atoms in total. The van der Waals surface area contributed by atoms with Crippen LogP contribution in [0.15, 0.2) is 16.6 Å². The molecular weight excluding hydrogens is 263 g/mol. The summed E-state index contributed by atoms with van der Waals surface area (Å²) >= 11 is 15.0. The Morgan fingerprint density at radius 2 is 2.08 bits per heavy atom. The van der Waals surface area contributed by atoms with Crippen LogP contribution >= 0.6 is 39.1 Å². The molecule has 0 fully saturated rings. The molecule has 1 rings (SSSR count). The number of benzene rings is 1. The van der Waals surface area contributed by atoms with E-state index in [0.717, 1.165) is 4.47 Å². The van der Waals surface area contributed by atoms with Gasteiger partial charge in [0.05, 0.1) is 11.6 Å². The van der Waals surface area contributed by atoms with Crippen molar-refractivity contribution in [2.24, 2.45) is 0 Å². The minimum atomic E-state index is 0.557. The second kappa shape index (κ2) is 4.35. The molecule has 0 aliphatic carbocycles. The van der Waals surface area contributed by atoms with Gasteiger partial charge in [0.1, 0.15) is 5.75 Å². The average molecular weight is 270 g/mol. The van der Waals surface area contributed by atoms with Gasteiger partial charge in [-0.2, -0.15) is 0 Å². The highest BCUT2D eigenvalue weighted by atomic mass is 79.9. The van der Waals surface area contributed by atoms with Crippen molar-refractivity contribution < 1.29 is 4.74 Å². The SMILES string of the molecule is CCOc1cc(Cl)cc(Br)c1Cl. The van der Waals surface area contributed by atoms with E-state index in [1.54, 1.807) is 12.1 Å². The highest BCUT2D eigenvalue weighted by Crippen LogP contribution is 2.35. The minimum absolute atomic E-state index is 0.557. The first kappa shape index (κ1) is 10.2. The number of rotatable bonds is 2. The van der Waals surface area contributed by atoms with Gasteiger partial charge in [-0.1, -0.05) is 23.2 Å². The molecule has 0 unspecified atom stereocenters. The highest BCUT2D eigenvalue weighted by molar-refractivity contribution is 9.10. The minimum Gasteiger partial charge on any atom is -0.492 e. The maximum absolute atomic E-state index is 5.91. The zero-order chi connectivity index (χ0) is 9.14. The van der Waals surface area contributed by atoms with Crippen molar-refractivity contribution in [3.05, 3.63) is 26.7 Å². The lowest BCUT2D eigenvalue weighted by Crippen LogP contribution is -1.92. The lowest BCUT2D eigenvalue weighted by Gasteiger charge is -2.06. The molecule has 0 aromatic heterocycles. The van der Waals surface area contributed by atoms with Gasteiger partial charge in [0.25, 0.3) is 0 Å². The Labute approximate surface area is 89.7 Å². The van der Waals surface area contributed by atoms with Crippen molar-refractivity contribution in [3.63, 3.8) is 0 Å². The molecule has 0 atom stereocenters. The molecule has 4 heteroatoms. The van der Waals surface area contributed by atoms with E-state index in [1.807, 2.05) is 6.92 Å². The summed E-state index contributed by atoms with van der Waals surface area (Å²) in [6, 6.07) is 3.42. The normalized spacial score (nSPS) is 10.0. The molecule has 0 N–H and O–H groups in total.